The van der Waals surface area contributed by atoms with Crippen molar-refractivity contribution >= 4 is 101 Å². The maximum Gasteiger partial charge on any atom is 0.252 e. The van der Waals surface area contributed by atoms with Crippen LogP contribution in [0.25, 0.3) is 111 Å². The molecule has 16 aromatic rings. The van der Waals surface area contributed by atoms with E-state index >= 15 is 0 Å². The molecule has 0 spiro atoms. The molecule has 0 bridgehead atoms. The Balaban J connectivity index is 0.875. The number of hydrogen-bond acceptors (Lipinski definition) is 2. The van der Waals surface area contributed by atoms with Gasteiger partial charge in [-0.2, -0.15) is 0 Å². The van der Waals surface area contributed by atoms with Crippen LogP contribution in [-0.4, -0.2) is 15.8 Å². The molecule has 2 aromatic heterocycles. The highest BCUT2D eigenvalue weighted by atomic mass is 15.2. The van der Waals surface area contributed by atoms with Crippen molar-refractivity contribution in [1.29, 1.82) is 0 Å². The quantitative estimate of drug-likeness (QED) is 0.134. The molecular formula is C108H99BN4. The molecule has 5 heteroatoms. The van der Waals surface area contributed by atoms with E-state index in [1.807, 2.05) is 0 Å². The molecule has 4 heterocycles. The first kappa shape index (κ1) is 70.5. The average molecular weight is 1460 g/mol. The number of fused-ring (bicyclic) bond motifs is 12. The summed E-state index contributed by atoms with van der Waals surface area (Å²) in [5.74, 6) is 0. The largest absolute Gasteiger partial charge is 0.311 e. The van der Waals surface area contributed by atoms with Gasteiger partial charge in [0, 0.05) is 61.4 Å². The fraction of sp³-hybridized carbons (Fsp3) is 0.222. The Morgan fingerprint density at radius 1 is 0.248 bits per heavy atom. The van der Waals surface area contributed by atoms with Gasteiger partial charge < -0.3 is 18.9 Å². The summed E-state index contributed by atoms with van der Waals surface area (Å²) in [5.41, 5.74) is 38.4. The van der Waals surface area contributed by atoms with Gasteiger partial charge in [0.25, 0.3) is 6.71 Å². The van der Waals surface area contributed by atoms with E-state index in [0.29, 0.717) is 0 Å². The Bertz CT molecular complexity index is 6530. The van der Waals surface area contributed by atoms with Gasteiger partial charge in [-0.3, -0.25) is 0 Å². The van der Waals surface area contributed by atoms with E-state index in [1.54, 1.807) is 0 Å². The summed E-state index contributed by atoms with van der Waals surface area (Å²) in [6.45, 7) is 33.4. The monoisotopic (exact) mass is 1460 g/mol. The third-order valence-corrected chi connectivity index (χ3v) is 26.7. The summed E-state index contributed by atoms with van der Waals surface area (Å²) in [4.78, 5) is 5.29. The van der Waals surface area contributed by atoms with E-state index < -0.39 is 0 Å². The van der Waals surface area contributed by atoms with Gasteiger partial charge >= 0.3 is 0 Å². The van der Waals surface area contributed by atoms with Crippen LogP contribution in [-0.2, 0) is 32.5 Å². The summed E-state index contributed by atoms with van der Waals surface area (Å²) < 4.78 is 5.09. The van der Waals surface area contributed by atoms with Gasteiger partial charge in [-0.25, -0.2) is 0 Å². The summed E-state index contributed by atoms with van der Waals surface area (Å²) in [6, 6.07) is 115. The van der Waals surface area contributed by atoms with Crippen LogP contribution in [0.2, 0.25) is 0 Å². The van der Waals surface area contributed by atoms with E-state index in [0.717, 1.165) is 63.7 Å². The van der Waals surface area contributed by atoms with Crippen LogP contribution in [0, 0.1) is 0 Å². The Labute approximate surface area is 668 Å². The van der Waals surface area contributed by atoms with Crippen molar-refractivity contribution in [3.05, 3.63) is 331 Å². The number of aromatic nitrogens is 2. The van der Waals surface area contributed by atoms with Crippen molar-refractivity contribution in [3.8, 4) is 67.0 Å². The lowest BCUT2D eigenvalue weighted by Gasteiger charge is -2.45. The highest BCUT2D eigenvalue weighted by molar-refractivity contribution is 7.00. The highest BCUT2D eigenvalue weighted by Gasteiger charge is 2.46. The van der Waals surface area contributed by atoms with Crippen LogP contribution < -0.4 is 26.2 Å². The fourth-order valence-electron chi connectivity index (χ4n) is 19.9. The minimum absolute atomic E-state index is 0.0649. The van der Waals surface area contributed by atoms with Gasteiger partial charge in [0.1, 0.15) is 0 Å². The molecule has 0 saturated heterocycles. The molecule has 554 valence electrons. The van der Waals surface area contributed by atoms with E-state index in [4.69, 9.17) is 0 Å². The van der Waals surface area contributed by atoms with Crippen LogP contribution in [0.3, 0.4) is 0 Å². The number of nitrogens with zero attached hydrogens (tertiary/aromatic N) is 4. The van der Waals surface area contributed by atoms with Crippen molar-refractivity contribution in [2.75, 3.05) is 9.80 Å². The fourth-order valence-corrected chi connectivity index (χ4v) is 19.9. The molecule has 0 radical (unpaired) electrons. The van der Waals surface area contributed by atoms with Gasteiger partial charge in [0.2, 0.25) is 0 Å². The van der Waals surface area contributed by atoms with Crippen molar-refractivity contribution in [3.63, 3.8) is 0 Å². The Morgan fingerprint density at radius 3 is 1.09 bits per heavy atom. The van der Waals surface area contributed by atoms with Gasteiger partial charge in [-0.1, -0.05) is 303 Å². The molecule has 0 N–H and O–H groups in total. The van der Waals surface area contributed by atoms with Crippen molar-refractivity contribution < 1.29 is 0 Å². The Kier molecular flexibility index (Phi) is 15.9. The molecule has 2 aliphatic carbocycles. The zero-order chi connectivity index (χ0) is 77.6. The lowest BCUT2D eigenvalue weighted by Crippen LogP contribution is -2.61. The molecule has 4 nitrogen and oxygen atoms in total. The van der Waals surface area contributed by atoms with E-state index in [9.17, 15) is 0 Å². The molecule has 20 rings (SSSR count). The summed E-state index contributed by atoms with van der Waals surface area (Å²) >= 11 is 0. The topological polar surface area (TPSA) is 16.3 Å². The molecule has 14 aromatic carbocycles. The van der Waals surface area contributed by atoms with Crippen LogP contribution in [0.5, 0.6) is 0 Å². The highest BCUT2D eigenvalue weighted by Crippen LogP contribution is 2.53. The molecule has 0 amide bonds. The third kappa shape index (κ3) is 11.5. The Hall–Kier alpha value is -11.7. The first-order chi connectivity index (χ1) is 54.2. The van der Waals surface area contributed by atoms with E-state index in [2.05, 4.69) is 413 Å². The normalized spacial score (nSPS) is 15.8. The summed E-state index contributed by atoms with van der Waals surface area (Å²) in [5, 5.41) is 4.89. The predicted octanol–water partition coefficient (Wildman–Crippen LogP) is 27.6. The van der Waals surface area contributed by atoms with Gasteiger partial charge in [-0.05, 0) is 255 Å². The van der Waals surface area contributed by atoms with Crippen molar-refractivity contribution in [2.24, 2.45) is 0 Å². The molecule has 0 fully saturated rings. The lowest BCUT2D eigenvalue weighted by atomic mass is 9.33. The molecule has 4 aliphatic rings. The summed E-state index contributed by atoms with van der Waals surface area (Å²) in [6.07, 6.45) is 4.68. The maximum absolute atomic E-state index is 2.65. The maximum atomic E-state index is 2.65. The second kappa shape index (κ2) is 25.4. The second-order valence-electron chi connectivity index (χ2n) is 37.9. The van der Waals surface area contributed by atoms with Gasteiger partial charge in [-0.15, -0.1) is 0 Å². The second-order valence-corrected chi connectivity index (χ2v) is 37.9. The molecule has 0 saturated carbocycles. The van der Waals surface area contributed by atoms with Gasteiger partial charge in [0.15, 0.2) is 0 Å². The molecular weight excluding hydrogens is 1360 g/mol. The van der Waals surface area contributed by atoms with Crippen LogP contribution in [0.4, 0.5) is 34.1 Å². The van der Waals surface area contributed by atoms with Crippen LogP contribution in [0.1, 0.15) is 156 Å². The molecule has 2 aliphatic heterocycles. The SMILES string of the molecule is CC(C)(C)c1cc(-c2ccc3c(c2)B2c4ccc(-n5c6ccccc6c6cc(-c7ccccc7)ccc65)cc4N(c4ccc(-c5ccc6c(c5)C(C)(C)CCC6(C)C)cc4)c4cc(-n5c6ccccc6c6cc(-c7ccccc7)ccc65)cc(c42)N3c2ccc(-c3ccc4c(c3)C(C)(C)CCC4(C)C)cc2)cc(C(C)(C)C)c1. The molecule has 0 atom stereocenters. The average Bonchev–Trinajstić information content (AvgIpc) is 1.33. The van der Waals surface area contributed by atoms with Crippen LogP contribution >= 0.6 is 0 Å². The first-order valence-corrected chi connectivity index (χ1v) is 41.1. The smallest absolute Gasteiger partial charge is 0.252 e. The zero-order valence-corrected chi connectivity index (χ0v) is 68.0. The molecule has 113 heavy (non-hydrogen) atoms. The number of para-hydroxylation sites is 2. The van der Waals surface area contributed by atoms with Crippen molar-refractivity contribution in [2.45, 2.75) is 155 Å². The summed E-state index contributed by atoms with van der Waals surface area (Å²) in [7, 11) is 0. The first-order valence-electron chi connectivity index (χ1n) is 41.1. The van der Waals surface area contributed by atoms with E-state index in [1.165, 1.54) is 157 Å². The minimum atomic E-state index is -0.212. The lowest BCUT2D eigenvalue weighted by molar-refractivity contribution is 0.332. The standard InChI is InChI=1S/C108H99BN4/c1-103(2,3)78-57-77(58-79(64-78)104(4,5)6)76-41-52-98-93(63-76)109-92-49-46-82(112-94-31-23-21-29-84(94)86-59-72(39-50-96(86)112)68-25-17-15-18-26-68)65-99(92)111(81-44-35-71(36-45-81)75-38-48-89-91(62-75)108(13,14)56-54-106(89,9)10)101-67-83(113-95-32-24-22-30-85(95)87-60-73(40-51-97(87)113)69-27-19-16-20-28-69)66-100(102(101)109)110(98)80-42-33-70(34-43-80)74-37-47-88-90(61-74)107(11,12)55-53-105(88,7)8/h15-52,57-67H,53-56H2,1-14H3. The number of anilines is 6. The Morgan fingerprint density at radius 2 is 0.611 bits per heavy atom. The zero-order valence-electron chi connectivity index (χ0n) is 68.0. The molecule has 0 unspecified atom stereocenters. The number of hydrogen-bond donors (Lipinski definition) is 0. The predicted molar refractivity (Wildman–Crippen MR) is 484 cm³/mol. The number of rotatable bonds is 9. The van der Waals surface area contributed by atoms with Gasteiger partial charge in [0.05, 0.1) is 27.8 Å². The van der Waals surface area contributed by atoms with Crippen LogP contribution in [0.15, 0.2) is 297 Å². The van der Waals surface area contributed by atoms with E-state index in [-0.39, 0.29) is 39.2 Å². The third-order valence-electron chi connectivity index (χ3n) is 26.7. The number of benzene rings is 14. The minimum Gasteiger partial charge on any atom is -0.311 e. The van der Waals surface area contributed by atoms with Crippen molar-refractivity contribution in [1.82, 2.24) is 9.13 Å².